The van der Waals surface area contributed by atoms with E-state index in [-0.39, 0.29) is 29.1 Å². The smallest absolute Gasteiger partial charge is 0.349 e. The first-order chi connectivity index (χ1) is 24.2. The van der Waals surface area contributed by atoms with Crippen molar-refractivity contribution in [1.29, 1.82) is 0 Å². The van der Waals surface area contributed by atoms with Crippen LogP contribution in [0.3, 0.4) is 0 Å². The molecule has 0 saturated carbocycles. The zero-order valence-corrected chi connectivity index (χ0v) is 27.9. The Morgan fingerprint density at radius 2 is 1.20 bits per heavy atom. The van der Waals surface area contributed by atoms with E-state index in [1.165, 1.54) is 48.5 Å². The average Bonchev–Trinajstić information content (AvgIpc) is 3.10. The second kappa shape index (κ2) is 16.4. The van der Waals surface area contributed by atoms with E-state index < -0.39 is 42.1 Å². The molecule has 0 saturated heterocycles. The van der Waals surface area contributed by atoms with Crippen LogP contribution in [0.25, 0.3) is 11.1 Å². The van der Waals surface area contributed by atoms with E-state index in [9.17, 15) is 44.1 Å². The first kappa shape index (κ1) is 37.5. The lowest BCUT2D eigenvalue weighted by Crippen LogP contribution is -2.45. The summed E-state index contributed by atoms with van der Waals surface area (Å²) in [5.74, 6) is -6.55. The van der Waals surface area contributed by atoms with Gasteiger partial charge in [0.1, 0.15) is 0 Å². The minimum absolute atomic E-state index is 0.00931. The van der Waals surface area contributed by atoms with E-state index in [2.05, 4.69) is 0 Å². The maximum Gasteiger partial charge on any atom is 0.349 e. The molecule has 13 heteroatoms. The van der Waals surface area contributed by atoms with Gasteiger partial charge in [-0.3, -0.25) is 4.79 Å². The van der Waals surface area contributed by atoms with Gasteiger partial charge in [-0.25, -0.2) is 24.0 Å². The Morgan fingerprint density at radius 1 is 0.725 bits per heavy atom. The van der Waals surface area contributed by atoms with Gasteiger partial charge in [0.25, 0.3) is 0 Å². The lowest BCUT2D eigenvalue weighted by molar-refractivity contribution is -0.166. The van der Waals surface area contributed by atoms with Crippen LogP contribution < -0.4 is 10.6 Å². The molecule has 4 aromatic carbocycles. The summed E-state index contributed by atoms with van der Waals surface area (Å²) in [5, 5.41) is 27.7. The molecule has 13 nitrogen and oxygen atoms in total. The number of ether oxygens (including phenoxy) is 2. The van der Waals surface area contributed by atoms with Crippen LogP contribution in [0.2, 0.25) is 0 Å². The van der Waals surface area contributed by atoms with Crippen molar-refractivity contribution in [2.45, 2.75) is 51.5 Å². The Balaban J connectivity index is 0.000000229. The minimum atomic E-state index is -2.21. The van der Waals surface area contributed by atoms with E-state index in [1.807, 2.05) is 31.2 Å². The van der Waals surface area contributed by atoms with Crippen molar-refractivity contribution in [2.24, 2.45) is 5.73 Å². The van der Waals surface area contributed by atoms with E-state index >= 15 is 0 Å². The number of rotatable bonds is 9. The monoisotopic (exact) mass is 696 g/mol. The maximum absolute atomic E-state index is 12.0. The van der Waals surface area contributed by atoms with Gasteiger partial charge in [-0.15, -0.1) is 0 Å². The largest absolute Gasteiger partial charge is 0.478 e. The zero-order chi connectivity index (χ0) is 37.4. The zero-order valence-electron chi connectivity index (χ0n) is 27.9. The van der Waals surface area contributed by atoms with Gasteiger partial charge in [0, 0.05) is 24.7 Å². The molecule has 5 N–H and O–H groups in total. The van der Waals surface area contributed by atoms with Gasteiger partial charge in [0.15, 0.2) is 0 Å². The van der Waals surface area contributed by atoms with Gasteiger partial charge in [-0.2, -0.15) is 0 Å². The van der Waals surface area contributed by atoms with E-state index in [1.54, 1.807) is 43.0 Å². The summed E-state index contributed by atoms with van der Waals surface area (Å²) in [6, 6.07) is 26.0. The molecule has 5 rings (SSSR count). The van der Waals surface area contributed by atoms with Gasteiger partial charge in [0.05, 0.1) is 16.7 Å². The summed E-state index contributed by atoms with van der Waals surface area (Å²) in [6.45, 7) is 5.36. The van der Waals surface area contributed by atoms with Gasteiger partial charge < -0.3 is 35.4 Å². The molecular weight excluding hydrogens is 660 g/mol. The number of esters is 2. The van der Waals surface area contributed by atoms with Crippen LogP contribution in [0.15, 0.2) is 97.1 Å². The van der Waals surface area contributed by atoms with Crippen molar-refractivity contribution in [3.05, 3.63) is 125 Å². The SMILES string of the molecule is CC(=O)N1c2ccc(-c3ccc(C(=O)O)c(C)c3)cc2C(N)CC1C.O=C(O[C@H](C(=O)O)[C@H](OC(=O)c1ccccc1)C(=O)O)c1ccccc1. The minimum Gasteiger partial charge on any atom is -0.478 e. The van der Waals surface area contributed by atoms with E-state index in [0.717, 1.165) is 22.4 Å². The van der Waals surface area contributed by atoms with Crippen molar-refractivity contribution in [1.82, 2.24) is 0 Å². The third-order valence-corrected chi connectivity index (χ3v) is 8.10. The maximum atomic E-state index is 12.0. The molecule has 1 amide bonds. The molecule has 1 aliphatic heterocycles. The summed E-state index contributed by atoms with van der Waals surface area (Å²) in [5.41, 5.74) is 11.1. The fraction of sp³-hybridized carbons (Fsp3) is 0.211. The number of aromatic carboxylic acids is 1. The van der Waals surface area contributed by atoms with Gasteiger partial charge in [-0.1, -0.05) is 54.6 Å². The number of carbonyl (C=O) groups is 6. The van der Waals surface area contributed by atoms with Crippen LogP contribution >= 0.6 is 0 Å². The standard InChI is InChI=1S/C20H22N2O3.C18H14O8/c1-11-8-14(4-6-16(11)20(24)25)15-5-7-19-17(10-15)18(21)9-12(2)22(19)13(3)23;19-15(20)13(25-17(23)11-7-3-1-4-8-11)14(16(21)22)26-18(24)12-9-5-2-6-10-12/h4-8,10,12,18H,9,21H2,1-3H3,(H,24,25);1-10,13-14H,(H,19,20)(H,21,22)/t;13-,14-/m.0/s1. The number of hydrogen-bond donors (Lipinski definition) is 4. The molecule has 264 valence electrons. The topological polar surface area (TPSA) is 211 Å². The Labute approximate surface area is 292 Å². The molecule has 2 unspecified atom stereocenters. The molecule has 4 aromatic rings. The number of carboxylic acid groups (broad SMARTS) is 3. The summed E-state index contributed by atoms with van der Waals surface area (Å²) < 4.78 is 9.52. The molecule has 4 atom stereocenters. The summed E-state index contributed by atoms with van der Waals surface area (Å²) in [6.07, 6.45) is -3.71. The lowest BCUT2D eigenvalue weighted by atomic mass is 9.89. The fourth-order valence-electron chi connectivity index (χ4n) is 5.65. The Kier molecular flexibility index (Phi) is 12.0. The number of hydrogen-bond acceptors (Lipinski definition) is 9. The predicted molar refractivity (Wildman–Crippen MR) is 184 cm³/mol. The number of nitrogens with zero attached hydrogens (tertiary/aromatic N) is 1. The van der Waals surface area contributed by atoms with Crippen molar-refractivity contribution >= 4 is 41.4 Å². The molecule has 1 heterocycles. The third-order valence-electron chi connectivity index (χ3n) is 8.10. The number of aryl methyl sites for hydroxylation is 1. The second-order valence-electron chi connectivity index (χ2n) is 11.7. The molecule has 1 aliphatic rings. The van der Waals surface area contributed by atoms with Gasteiger partial charge in [-0.05, 0) is 85.0 Å². The van der Waals surface area contributed by atoms with Gasteiger partial charge >= 0.3 is 29.8 Å². The molecule has 51 heavy (non-hydrogen) atoms. The number of fused-ring (bicyclic) bond motifs is 1. The quantitative estimate of drug-likeness (QED) is 0.168. The van der Waals surface area contributed by atoms with E-state index in [0.29, 0.717) is 17.5 Å². The summed E-state index contributed by atoms with van der Waals surface area (Å²) in [7, 11) is 0. The summed E-state index contributed by atoms with van der Waals surface area (Å²) in [4.78, 5) is 71.8. The Hall–Kier alpha value is -6.34. The molecule has 0 aromatic heterocycles. The van der Waals surface area contributed by atoms with Crippen LogP contribution in [0.5, 0.6) is 0 Å². The molecule has 0 radical (unpaired) electrons. The number of benzene rings is 4. The number of nitrogens with two attached hydrogens (primary N) is 1. The molecule has 0 spiro atoms. The van der Waals surface area contributed by atoms with Crippen LogP contribution in [0, 0.1) is 6.92 Å². The lowest BCUT2D eigenvalue weighted by Gasteiger charge is -2.38. The van der Waals surface area contributed by atoms with Crippen LogP contribution in [-0.4, -0.2) is 69.3 Å². The Morgan fingerprint density at radius 3 is 1.63 bits per heavy atom. The van der Waals surface area contributed by atoms with E-state index in [4.69, 9.17) is 15.2 Å². The van der Waals surface area contributed by atoms with Crippen molar-refractivity contribution in [2.75, 3.05) is 4.90 Å². The molecule has 0 aliphatic carbocycles. The highest BCUT2D eigenvalue weighted by Crippen LogP contribution is 2.38. The van der Waals surface area contributed by atoms with Crippen LogP contribution in [0.4, 0.5) is 5.69 Å². The predicted octanol–water partition coefficient (Wildman–Crippen LogP) is 5.11. The highest BCUT2D eigenvalue weighted by Gasteiger charge is 2.41. The molecule has 0 bridgehead atoms. The molecule has 0 fully saturated rings. The summed E-state index contributed by atoms with van der Waals surface area (Å²) >= 11 is 0. The normalized spacial score (nSPS) is 15.9. The first-order valence-corrected chi connectivity index (χ1v) is 15.7. The molecular formula is C38H36N2O11. The van der Waals surface area contributed by atoms with Gasteiger partial charge in [0.2, 0.25) is 18.1 Å². The highest BCUT2D eigenvalue weighted by atomic mass is 16.6. The third kappa shape index (κ3) is 9.02. The number of anilines is 1. The number of carboxylic acids is 3. The second-order valence-corrected chi connectivity index (χ2v) is 11.7. The average molecular weight is 697 g/mol. The van der Waals surface area contributed by atoms with Crippen LogP contribution in [-0.2, 0) is 23.9 Å². The fourth-order valence-corrected chi connectivity index (χ4v) is 5.65. The van der Waals surface area contributed by atoms with Crippen LogP contribution in [0.1, 0.15) is 68.5 Å². The van der Waals surface area contributed by atoms with Crippen molar-refractivity contribution in [3.63, 3.8) is 0 Å². The van der Waals surface area contributed by atoms with Crippen molar-refractivity contribution in [3.8, 4) is 11.1 Å². The Bertz CT molecular complexity index is 1880. The number of aliphatic carboxylic acids is 2. The highest BCUT2D eigenvalue weighted by molar-refractivity contribution is 5.96. The number of amides is 1. The first-order valence-electron chi connectivity index (χ1n) is 15.7. The number of carbonyl (C=O) groups excluding carboxylic acids is 3. The van der Waals surface area contributed by atoms with Crippen molar-refractivity contribution < 1.29 is 53.6 Å².